The van der Waals surface area contributed by atoms with Gasteiger partial charge in [-0.15, -0.1) is 0 Å². The fraction of sp³-hybridized carbons (Fsp3) is 0.143. The number of anilines is 1. The van der Waals surface area contributed by atoms with Crippen LogP contribution in [-0.4, -0.2) is 22.4 Å². The Hall–Kier alpha value is -2.96. The Labute approximate surface area is 119 Å². The molecule has 0 bridgehead atoms. The van der Waals surface area contributed by atoms with Gasteiger partial charge in [0.2, 0.25) is 0 Å². The van der Waals surface area contributed by atoms with Crippen molar-refractivity contribution in [3.05, 3.63) is 68.1 Å². The fourth-order valence-electron chi connectivity index (χ4n) is 2.43. The van der Waals surface area contributed by atoms with Crippen molar-refractivity contribution in [2.75, 3.05) is 11.4 Å². The fourth-order valence-corrected chi connectivity index (χ4v) is 2.43. The van der Waals surface area contributed by atoms with Crippen LogP contribution in [0.15, 0.2) is 41.3 Å². The van der Waals surface area contributed by atoms with Crippen molar-refractivity contribution in [1.29, 1.82) is 0 Å². The molecule has 0 atom stereocenters. The van der Waals surface area contributed by atoms with Gasteiger partial charge >= 0.3 is 0 Å². The normalized spacial score (nSPS) is 13.0. The number of pyridine rings is 1. The van der Waals surface area contributed by atoms with Crippen LogP contribution in [0.25, 0.3) is 0 Å². The summed E-state index contributed by atoms with van der Waals surface area (Å²) in [6.45, 7) is 0.459. The van der Waals surface area contributed by atoms with Gasteiger partial charge in [-0.3, -0.25) is 19.7 Å². The molecule has 21 heavy (non-hydrogen) atoms. The Morgan fingerprint density at radius 3 is 2.86 bits per heavy atom. The van der Waals surface area contributed by atoms with E-state index in [2.05, 4.69) is 4.98 Å². The van der Waals surface area contributed by atoms with Crippen molar-refractivity contribution in [2.24, 2.45) is 0 Å². The third kappa shape index (κ3) is 2.18. The minimum atomic E-state index is -0.648. The number of aromatic amines is 1. The number of nitro groups is 1. The van der Waals surface area contributed by atoms with E-state index >= 15 is 0 Å². The number of benzene rings is 1. The first kappa shape index (κ1) is 13.0. The average molecular weight is 285 g/mol. The van der Waals surface area contributed by atoms with Gasteiger partial charge in [0.05, 0.1) is 11.1 Å². The van der Waals surface area contributed by atoms with Crippen molar-refractivity contribution in [3.8, 4) is 0 Å². The zero-order valence-electron chi connectivity index (χ0n) is 10.9. The molecule has 1 aliphatic heterocycles. The van der Waals surface area contributed by atoms with Crippen LogP contribution < -0.4 is 10.5 Å². The van der Waals surface area contributed by atoms with Gasteiger partial charge in [-0.2, -0.15) is 0 Å². The van der Waals surface area contributed by atoms with Crippen LogP contribution >= 0.6 is 0 Å². The monoisotopic (exact) mass is 285 g/mol. The van der Waals surface area contributed by atoms with Crippen molar-refractivity contribution in [2.45, 2.75) is 6.42 Å². The molecule has 7 nitrogen and oxygen atoms in total. The van der Waals surface area contributed by atoms with Gasteiger partial charge in [0.25, 0.3) is 17.2 Å². The molecule has 106 valence electrons. The first-order valence-corrected chi connectivity index (χ1v) is 6.35. The summed E-state index contributed by atoms with van der Waals surface area (Å²) in [6, 6.07) is 8.42. The van der Waals surface area contributed by atoms with E-state index in [0.717, 1.165) is 23.5 Å². The number of hydrogen-bond donors (Lipinski definition) is 1. The average Bonchev–Trinajstić information content (AvgIpc) is 2.90. The maximum absolute atomic E-state index is 12.5. The molecule has 0 saturated heterocycles. The van der Waals surface area contributed by atoms with Gasteiger partial charge in [-0.25, -0.2) is 0 Å². The van der Waals surface area contributed by atoms with E-state index < -0.39 is 16.4 Å². The maximum Gasteiger partial charge on any atom is 0.286 e. The quantitative estimate of drug-likeness (QED) is 0.667. The Bertz CT molecular complexity index is 797. The third-order valence-corrected chi connectivity index (χ3v) is 3.46. The Kier molecular flexibility index (Phi) is 3.02. The van der Waals surface area contributed by atoms with E-state index in [9.17, 15) is 19.7 Å². The summed E-state index contributed by atoms with van der Waals surface area (Å²) in [5, 5.41) is 10.8. The number of amides is 1. The first-order valence-electron chi connectivity index (χ1n) is 6.35. The predicted octanol–water partition coefficient (Wildman–Crippen LogP) is 1.49. The summed E-state index contributed by atoms with van der Waals surface area (Å²) in [5.74, 6) is -0.523. The van der Waals surface area contributed by atoms with Crippen molar-refractivity contribution < 1.29 is 9.72 Å². The number of para-hydroxylation sites is 1. The molecule has 0 spiro atoms. The predicted molar refractivity (Wildman–Crippen MR) is 75.5 cm³/mol. The maximum atomic E-state index is 12.5. The van der Waals surface area contributed by atoms with E-state index in [1.807, 2.05) is 18.2 Å². The van der Waals surface area contributed by atoms with Gasteiger partial charge in [0.15, 0.2) is 0 Å². The number of nitrogens with one attached hydrogen (secondary N) is 1. The van der Waals surface area contributed by atoms with E-state index in [1.54, 1.807) is 6.07 Å². The number of carbonyl (C=O) groups excluding carboxylic acids is 1. The Morgan fingerprint density at radius 1 is 1.33 bits per heavy atom. The highest BCUT2D eigenvalue weighted by Gasteiger charge is 2.27. The van der Waals surface area contributed by atoms with Crippen LogP contribution in [0, 0.1) is 10.1 Å². The van der Waals surface area contributed by atoms with Crippen LogP contribution in [0.4, 0.5) is 11.4 Å². The molecule has 0 radical (unpaired) electrons. The second-order valence-corrected chi connectivity index (χ2v) is 4.69. The molecule has 2 aromatic rings. The molecule has 3 rings (SSSR count). The lowest BCUT2D eigenvalue weighted by molar-refractivity contribution is -0.385. The second-order valence-electron chi connectivity index (χ2n) is 4.69. The zero-order valence-corrected chi connectivity index (χ0v) is 10.9. The standard InChI is InChI=1S/C14H11N3O4/c18-13-11(7-10(8-15-13)17(20)21)14(19)16-6-5-9-3-1-2-4-12(9)16/h1-4,7-8H,5-6H2,(H,15,18). The van der Waals surface area contributed by atoms with Crippen LogP contribution in [0.3, 0.4) is 0 Å². The first-order chi connectivity index (χ1) is 10.1. The third-order valence-electron chi connectivity index (χ3n) is 3.46. The number of aromatic nitrogens is 1. The molecule has 1 aliphatic rings. The number of rotatable bonds is 2. The molecule has 7 heteroatoms. The number of carbonyl (C=O) groups is 1. The van der Waals surface area contributed by atoms with E-state index in [0.29, 0.717) is 13.0 Å². The molecule has 1 amide bonds. The summed E-state index contributed by atoms with van der Waals surface area (Å²) >= 11 is 0. The van der Waals surface area contributed by atoms with Crippen LogP contribution in [0.2, 0.25) is 0 Å². The lowest BCUT2D eigenvalue weighted by Crippen LogP contribution is -2.33. The molecule has 0 aliphatic carbocycles. The lowest BCUT2D eigenvalue weighted by Gasteiger charge is -2.16. The largest absolute Gasteiger partial charge is 0.322 e. The molecule has 1 aromatic carbocycles. The number of nitrogens with zero attached hydrogens (tertiary/aromatic N) is 2. The number of fused-ring (bicyclic) bond motifs is 1. The molecular formula is C14H11N3O4. The van der Waals surface area contributed by atoms with Crippen LogP contribution in [-0.2, 0) is 6.42 Å². The molecule has 0 saturated carbocycles. The van der Waals surface area contributed by atoms with Gasteiger partial charge in [0, 0.05) is 18.3 Å². The minimum absolute atomic E-state index is 0.221. The van der Waals surface area contributed by atoms with Crippen molar-refractivity contribution >= 4 is 17.3 Å². The Morgan fingerprint density at radius 2 is 2.10 bits per heavy atom. The smallest absolute Gasteiger partial charge is 0.286 e. The van der Waals surface area contributed by atoms with E-state index in [-0.39, 0.29) is 11.3 Å². The summed E-state index contributed by atoms with van der Waals surface area (Å²) in [7, 11) is 0. The summed E-state index contributed by atoms with van der Waals surface area (Å²) in [5.41, 5.74) is 0.599. The zero-order chi connectivity index (χ0) is 15.0. The van der Waals surface area contributed by atoms with Crippen LogP contribution in [0.1, 0.15) is 15.9 Å². The minimum Gasteiger partial charge on any atom is -0.322 e. The molecule has 0 fully saturated rings. The van der Waals surface area contributed by atoms with Gasteiger partial charge in [0.1, 0.15) is 5.56 Å². The van der Waals surface area contributed by atoms with Gasteiger partial charge in [-0.1, -0.05) is 18.2 Å². The topological polar surface area (TPSA) is 96.3 Å². The second kappa shape index (κ2) is 4.86. The summed E-state index contributed by atoms with van der Waals surface area (Å²) in [4.78, 5) is 38.1. The van der Waals surface area contributed by atoms with Crippen molar-refractivity contribution in [1.82, 2.24) is 4.98 Å². The van der Waals surface area contributed by atoms with Gasteiger partial charge < -0.3 is 9.88 Å². The SMILES string of the molecule is O=C(c1cc([N+](=O)[O-])c[nH]c1=O)N1CCc2ccccc21. The summed E-state index contributed by atoms with van der Waals surface area (Å²) in [6.07, 6.45) is 1.69. The molecule has 1 aromatic heterocycles. The number of H-pyrrole nitrogens is 1. The molecule has 0 unspecified atom stereocenters. The molecule has 1 N–H and O–H groups in total. The molecular weight excluding hydrogens is 274 g/mol. The lowest BCUT2D eigenvalue weighted by atomic mass is 10.2. The number of hydrogen-bond acceptors (Lipinski definition) is 4. The Balaban J connectivity index is 2.02. The van der Waals surface area contributed by atoms with Gasteiger partial charge in [-0.05, 0) is 18.1 Å². The highest BCUT2D eigenvalue weighted by Crippen LogP contribution is 2.28. The van der Waals surface area contributed by atoms with Crippen molar-refractivity contribution in [3.63, 3.8) is 0 Å². The van der Waals surface area contributed by atoms with E-state index in [1.165, 1.54) is 4.90 Å². The van der Waals surface area contributed by atoms with E-state index in [4.69, 9.17) is 0 Å². The summed E-state index contributed by atoms with van der Waals surface area (Å²) < 4.78 is 0. The highest BCUT2D eigenvalue weighted by atomic mass is 16.6. The highest BCUT2D eigenvalue weighted by molar-refractivity contribution is 6.07. The van der Waals surface area contributed by atoms with Crippen LogP contribution in [0.5, 0.6) is 0 Å². The molecule has 2 heterocycles.